The van der Waals surface area contributed by atoms with E-state index in [0.717, 1.165) is 31.5 Å². The van der Waals surface area contributed by atoms with E-state index in [1.54, 1.807) is 0 Å². The molecule has 0 bridgehead atoms. The van der Waals surface area contributed by atoms with Gasteiger partial charge in [-0.25, -0.2) is 4.79 Å². The molecule has 0 radical (unpaired) electrons. The Bertz CT molecular complexity index is 582. The quantitative estimate of drug-likeness (QED) is 0.397. The van der Waals surface area contributed by atoms with Crippen molar-refractivity contribution in [2.24, 2.45) is 5.73 Å². The number of benzene rings is 1. The summed E-state index contributed by atoms with van der Waals surface area (Å²) in [5.41, 5.74) is 7.92. The van der Waals surface area contributed by atoms with Gasteiger partial charge in [0.15, 0.2) is 0 Å². The van der Waals surface area contributed by atoms with Crippen LogP contribution in [0.1, 0.15) is 25.3 Å². The van der Waals surface area contributed by atoms with Gasteiger partial charge in [0.05, 0.1) is 6.17 Å². The van der Waals surface area contributed by atoms with Gasteiger partial charge in [-0.05, 0) is 37.8 Å². The lowest BCUT2D eigenvalue weighted by molar-refractivity contribution is 0.187. The number of fused-ring (bicyclic) bond motifs is 1. The second-order valence-corrected chi connectivity index (χ2v) is 6.71. The second kappa shape index (κ2) is 8.48. The molecule has 0 saturated carbocycles. The summed E-state index contributed by atoms with van der Waals surface area (Å²) in [6, 6.07) is 8.29. The number of para-hydroxylation sites is 1. The number of amides is 2. The summed E-state index contributed by atoms with van der Waals surface area (Å²) in [6.07, 6.45) is 2.53. The van der Waals surface area contributed by atoms with E-state index in [1.165, 1.54) is 5.56 Å². The van der Waals surface area contributed by atoms with Crippen molar-refractivity contribution in [2.75, 3.05) is 18.4 Å². The first-order valence-electron chi connectivity index (χ1n) is 9.01. The van der Waals surface area contributed by atoms with Crippen LogP contribution in [-0.2, 0) is 6.42 Å². The summed E-state index contributed by atoms with van der Waals surface area (Å²) in [6.45, 7) is 3.44. The van der Waals surface area contributed by atoms with Crippen LogP contribution in [0, 0.1) is 0 Å². The van der Waals surface area contributed by atoms with Crippen LogP contribution in [0.15, 0.2) is 24.3 Å². The molecule has 3 rings (SSSR count). The first-order valence-corrected chi connectivity index (χ1v) is 9.01. The zero-order chi connectivity index (χ0) is 17.6. The van der Waals surface area contributed by atoms with Crippen molar-refractivity contribution in [3.63, 3.8) is 0 Å². The first-order chi connectivity index (χ1) is 12.1. The molecule has 1 saturated heterocycles. The Hall–Kier alpha value is -1.87. The molecule has 25 heavy (non-hydrogen) atoms. The molecule has 4 unspecified atom stereocenters. The Morgan fingerprint density at radius 2 is 2.08 bits per heavy atom. The number of anilines is 1. The van der Waals surface area contributed by atoms with Crippen molar-refractivity contribution in [3.8, 4) is 0 Å². The molecule has 4 atom stereocenters. The Balaban J connectivity index is 1.47. The first kappa shape index (κ1) is 17.9. The van der Waals surface area contributed by atoms with Crippen molar-refractivity contribution in [3.05, 3.63) is 29.8 Å². The average molecular weight is 347 g/mol. The van der Waals surface area contributed by atoms with E-state index in [9.17, 15) is 4.79 Å². The highest BCUT2D eigenvalue weighted by atomic mass is 16.2. The smallest absolute Gasteiger partial charge is 0.318 e. The standard InChI is InChI=1S/C17H29N7O/c1-11-10-15(19-9-8-18)22-16(20-11)24-17(25)23-14-7-6-12-4-2-3-5-13(12)21-14/h2-5,11,14-16,19-22H,6-10,18H2,1H3,(H2,23,24,25). The number of carbonyl (C=O) groups excluding carboxylic acids is 1. The molecule has 0 aromatic heterocycles. The minimum absolute atomic E-state index is 0.0675. The maximum atomic E-state index is 12.3. The van der Waals surface area contributed by atoms with E-state index in [-0.39, 0.29) is 24.7 Å². The third kappa shape index (κ3) is 5.05. The average Bonchev–Trinajstić information content (AvgIpc) is 2.59. The molecule has 138 valence electrons. The number of hydrogen-bond donors (Lipinski definition) is 7. The fourth-order valence-electron chi connectivity index (χ4n) is 3.38. The summed E-state index contributed by atoms with van der Waals surface area (Å²) in [5, 5.41) is 19.3. The van der Waals surface area contributed by atoms with Crippen molar-refractivity contribution < 1.29 is 4.79 Å². The zero-order valence-corrected chi connectivity index (χ0v) is 14.6. The lowest BCUT2D eigenvalue weighted by atomic mass is 10.0. The fourth-order valence-corrected chi connectivity index (χ4v) is 3.38. The third-order valence-electron chi connectivity index (χ3n) is 4.57. The monoisotopic (exact) mass is 347 g/mol. The van der Waals surface area contributed by atoms with E-state index in [2.05, 4.69) is 44.9 Å². The molecule has 1 aromatic carbocycles. The molecule has 8 nitrogen and oxygen atoms in total. The minimum Gasteiger partial charge on any atom is -0.365 e. The van der Waals surface area contributed by atoms with Crippen LogP contribution in [0.4, 0.5) is 10.5 Å². The maximum absolute atomic E-state index is 12.3. The SMILES string of the molecule is CC1CC(NCCN)NC(NC(=O)NC2CCc3ccccc3N2)N1. The van der Waals surface area contributed by atoms with Gasteiger partial charge < -0.3 is 27.0 Å². The molecule has 1 fully saturated rings. The molecule has 8 heteroatoms. The van der Waals surface area contributed by atoms with Gasteiger partial charge >= 0.3 is 6.03 Å². The highest BCUT2D eigenvalue weighted by Crippen LogP contribution is 2.23. The van der Waals surface area contributed by atoms with Gasteiger partial charge in [-0.3, -0.25) is 10.6 Å². The Morgan fingerprint density at radius 1 is 1.24 bits per heavy atom. The Morgan fingerprint density at radius 3 is 2.92 bits per heavy atom. The van der Waals surface area contributed by atoms with E-state index in [0.29, 0.717) is 12.6 Å². The van der Waals surface area contributed by atoms with Crippen molar-refractivity contribution in [2.45, 2.75) is 50.8 Å². The molecule has 1 aromatic rings. The molecule has 2 aliphatic rings. The van der Waals surface area contributed by atoms with Crippen LogP contribution in [0.3, 0.4) is 0 Å². The van der Waals surface area contributed by atoms with Crippen molar-refractivity contribution >= 4 is 11.7 Å². The summed E-state index contributed by atoms with van der Waals surface area (Å²) in [7, 11) is 0. The van der Waals surface area contributed by atoms with Crippen LogP contribution < -0.4 is 37.6 Å². The second-order valence-electron chi connectivity index (χ2n) is 6.71. The summed E-state index contributed by atoms with van der Waals surface area (Å²) >= 11 is 0. The summed E-state index contributed by atoms with van der Waals surface area (Å²) < 4.78 is 0. The number of nitrogens with two attached hydrogens (primary N) is 1. The lowest BCUT2D eigenvalue weighted by Gasteiger charge is -2.37. The minimum atomic E-state index is -0.282. The largest absolute Gasteiger partial charge is 0.365 e. The number of aryl methyl sites for hydroxylation is 1. The highest BCUT2D eigenvalue weighted by molar-refractivity contribution is 5.75. The molecule has 0 aliphatic carbocycles. The number of carbonyl (C=O) groups is 1. The van der Waals surface area contributed by atoms with Gasteiger partial charge in [0, 0.05) is 24.8 Å². The number of nitrogens with one attached hydrogen (secondary N) is 6. The highest BCUT2D eigenvalue weighted by Gasteiger charge is 2.26. The van der Waals surface area contributed by atoms with Gasteiger partial charge in [0.1, 0.15) is 12.5 Å². The van der Waals surface area contributed by atoms with Crippen molar-refractivity contribution in [1.29, 1.82) is 0 Å². The number of urea groups is 1. The molecule has 2 aliphatic heterocycles. The molecule has 2 heterocycles. The third-order valence-corrected chi connectivity index (χ3v) is 4.57. The molecule has 0 spiro atoms. The number of hydrogen-bond acceptors (Lipinski definition) is 6. The predicted molar refractivity (Wildman–Crippen MR) is 98.8 cm³/mol. The van der Waals surface area contributed by atoms with Crippen LogP contribution >= 0.6 is 0 Å². The molecule has 8 N–H and O–H groups in total. The van der Waals surface area contributed by atoms with E-state index in [1.807, 2.05) is 18.2 Å². The van der Waals surface area contributed by atoms with Gasteiger partial charge in [-0.1, -0.05) is 18.2 Å². The van der Waals surface area contributed by atoms with Crippen LogP contribution in [-0.4, -0.2) is 43.8 Å². The Labute approximate surface area is 148 Å². The van der Waals surface area contributed by atoms with E-state index in [4.69, 9.17) is 5.73 Å². The normalized spacial score (nSPS) is 28.6. The van der Waals surface area contributed by atoms with Gasteiger partial charge in [0.25, 0.3) is 0 Å². The number of rotatable bonds is 5. The molecular formula is C17H29N7O. The lowest BCUT2D eigenvalue weighted by Crippen LogP contribution is -2.68. The zero-order valence-electron chi connectivity index (χ0n) is 14.6. The van der Waals surface area contributed by atoms with Gasteiger partial charge in [0.2, 0.25) is 0 Å². The van der Waals surface area contributed by atoms with Crippen molar-refractivity contribution in [1.82, 2.24) is 26.6 Å². The van der Waals surface area contributed by atoms with E-state index >= 15 is 0 Å². The van der Waals surface area contributed by atoms with Gasteiger partial charge in [-0.2, -0.15) is 0 Å². The Kier molecular flexibility index (Phi) is 6.09. The van der Waals surface area contributed by atoms with E-state index < -0.39 is 0 Å². The van der Waals surface area contributed by atoms with Crippen LogP contribution in [0.2, 0.25) is 0 Å². The van der Waals surface area contributed by atoms with Gasteiger partial charge in [-0.15, -0.1) is 0 Å². The topological polar surface area (TPSA) is 115 Å². The molecular weight excluding hydrogens is 318 g/mol. The maximum Gasteiger partial charge on any atom is 0.318 e. The summed E-state index contributed by atoms with van der Waals surface area (Å²) in [4.78, 5) is 12.3. The summed E-state index contributed by atoms with van der Waals surface area (Å²) in [5.74, 6) is 0. The predicted octanol–water partition coefficient (Wildman–Crippen LogP) is -0.201. The fraction of sp³-hybridized carbons (Fsp3) is 0.588. The molecule has 2 amide bonds. The van der Waals surface area contributed by atoms with Crippen LogP contribution in [0.5, 0.6) is 0 Å². The van der Waals surface area contributed by atoms with Crippen LogP contribution in [0.25, 0.3) is 0 Å².